The smallest absolute Gasteiger partial charge is 0.0446 e. The van der Waals surface area contributed by atoms with E-state index in [2.05, 4.69) is 66.0 Å². The topological polar surface area (TPSA) is 29.3 Å². The summed E-state index contributed by atoms with van der Waals surface area (Å²) in [6.45, 7) is 5.07. The standard InChI is InChI=1S/C16H19BrN2/c1-11-4-7-16(12(2)8-11)19(3)10-13-5-6-14(17)9-15(13)18/h4-9H,10,18H2,1-3H3. The molecular weight excluding hydrogens is 300 g/mol. The highest BCUT2D eigenvalue weighted by atomic mass is 79.9. The molecule has 0 spiro atoms. The first-order valence-corrected chi connectivity index (χ1v) is 7.09. The Bertz CT molecular complexity index is 593. The molecule has 0 saturated carbocycles. The zero-order chi connectivity index (χ0) is 14.0. The van der Waals surface area contributed by atoms with Crippen molar-refractivity contribution in [3.8, 4) is 0 Å². The van der Waals surface area contributed by atoms with Gasteiger partial charge in [0.1, 0.15) is 0 Å². The van der Waals surface area contributed by atoms with E-state index in [1.54, 1.807) is 0 Å². The fourth-order valence-electron chi connectivity index (χ4n) is 2.28. The summed E-state index contributed by atoms with van der Waals surface area (Å²) in [7, 11) is 2.10. The second-order valence-electron chi connectivity index (χ2n) is 4.99. The van der Waals surface area contributed by atoms with Crippen molar-refractivity contribution in [3.63, 3.8) is 0 Å². The molecule has 2 nitrogen and oxygen atoms in total. The first-order valence-electron chi connectivity index (χ1n) is 6.29. The van der Waals surface area contributed by atoms with E-state index in [0.717, 1.165) is 22.3 Å². The molecule has 3 heteroatoms. The van der Waals surface area contributed by atoms with Gasteiger partial charge in [0.15, 0.2) is 0 Å². The van der Waals surface area contributed by atoms with Crippen LogP contribution in [0.25, 0.3) is 0 Å². The van der Waals surface area contributed by atoms with Crippen LogP contribution < -0.4 is 10.6 Å². The molecule has 0 aliphatic heterocycles. The van der Waals surface area contributed by atoms with Gasteiger partial charge in [-0.05, 0) is 43.2 Å². The maximum absolute atomic E-state index is 6.05. The predicted octanol–water partition coefficient (Wildman–Crippen LogP) is 4.28. The fraction of sp³-hybridized carbons (Fsp3) is 0.250. The van der Waals surface area contributed by atoms with Gasteiger partial charge in [0, 0.05) is 29.4 Å². The second kappa shape index (κ2) is 5.66. The summed E-state index contributed by atoms with van der Waals surface area (Å²) >= 11 is 3.43. The van der Waals surface area contributed by atoms with E-state index in [1.165, 1.54) is 16.8 Å². The first-order chi connectivity index (χ1) is 8.97. The number of nitrogen functional groups attached to an aromatic ring is 1. The molecule has 0 saturated heterocycles. The third-order valence-electron chi connectivity index (χ3n) is 3.28. The van der Waals surface area contributed by atoms with Crippen LogP contribution in [-0.2, 0) is 6.54 Å². The summed E-state index contributed by atoms with van der Waals surface area (Å²) in [5, 5.41) is 0. The van der Waals surface area contributed by atoms with Crippen LogP contribution in [0.1, 0.15) is 16.7 Å². The van der Waals surface area contributed by atoms with E-state index >= 15 is 0 Å². The minimum absolute atomic E-state index is 0.809. The van der Waals surface area contributed by atoms with Crippen LogP contribution in [0.2, 0.25) is 0 Å². The van der Waals surface area contributed by atoms with Crippen molar-refractivity contribution in [3.05, 3.63) is 57.6 Å². The Morgan fingerprint density at radius 3 is 2.47 bits per heavy atom. The lowest BCUT2D eigenvalue weighted by Crippen LogP contribution is -2.18. The molecule has 0 aliphatic carbocycles. The minimum atomic E-state index is 0.809. The normalized spacial score (nSPS) is 10.5. The van der Waals surface area contributed by atoms with Crippen LogP contribution in [0.3, 0.4) is 0 Å². The highest BCUT2D eigenvalue weighted by Crippen LogP contribution is 2.24. The van der Waals surface area contributed by atoms with Gasteiger partial charge in [-0.1, -0.05) is 39.7 Å². The van der Waals surface area contributed by atoms with Crippen LogP contribution in [0.5, 0.6) is 0 Å². The maximum atomic E-state index is 6.05. The van der Waals surface area contributed by atoms with Crippen molar-refractivity contribution in [2.24, 2.45) is 0 Å². The van der Waals surface area contributed by atoms with Gasteiger partial charge in [0.25, 0.3) is 0 Å². The lowest BCUT2D eigenvalue weighted by atomic mass is 10.1. The highest BCUT2D eigenvalue weighted by molar-refractivity contribution is 9.10. The van der Waals surface area contributed by atoms with Gasteiger partial charge in [0.2, 0.25) is 0 Å². The first kappa shape index (κ1) is 13.9. The number of nitrogens with two attached hydrogens (primary N) is 1. The maximum Gasteiger partial charge on any atom is 0.0446 e. The van der Waals surface area contributed by atoms with Crippen molar-refractivity contribution in [2.45, 2.75) is 20.4 Å². The Hall–Kier alpha value is -1.48. The van der Waals surface area contributed by atoms with Gasteiger partial charge in [-0.15, -0.1) is 0 Å². The number of rotatable bonds is 3. The fourth-order valence-corrected chi connectivity index (χ4v) is 2.66. The van der Waals surface area contributed by atoms with Crippen molar-refractivity contribution in [1.29, 1.82) is 0 Å². The average Bonchev–Trinajstić information content (AvgIpc) is 2.32. The molecule has 0 aromatic heterocycles. The molecule has 0 amide bonds. The molecule has 2 rings (SSSR count). The molecular formula is C16H19BrN2. The van der Waals surface area contributed by atoms with Gasteiger partial charge >= 0.3 is 0 Å². The summed E-state index contributed by atoms with van der Waals surface area (Å²) in [5.74, 6) is 0. The number of hydrogen-bond acceptors (Lipinski definition) is 2. The SMILES string of the molecule is Cc1ccc(N(C)Cc2ccc(Br)cc2N)c(C)c1. The summed E-state index contributed by atoms with van der Waals surface area (Å²) in [6, 6.07) is 12.6. The van der Waals surface area contributed by atoms with Crippen LogP contribution in [0.15, 0.2) is 40.9 Å². The average molecular weight is 319 g/mol. The summed E-state index contributed by atoms with van der Waals surface area (Å²) < 4.78 is 1.02. The Kier molecular flexibility index (Phi) is 4.15. The van der Waals surface area contributed by atoms with E-state index < -0.39 is 0 Å². The van der Waals surface area contributed by atoms with Gasteiger partial charge in [0.05, 0.1) is 0 Å². The number of halogens is 1. The Morgan fingerprint density at radius 1 is 1.11 bits per heavy atom. The summed E-state index contributed by atoms with van der Waals surface area (Å²) in [6.07, 6.45) is 0. The molecule has 2 aromatic carbocycles. The Labute approximate surface area is 123 Å². The molecule has 0 radical (unpaired) electrons. The van der Waals surface area contributed by atoms with E-state index in [-0.39, 0.29) is 0 Å². The van der Waals surface area contributed by atoms with Gasteiger partial charge < -0.3 is 10.6 Å². The monoisotopic (exact) mass is 318 g/mol. The second-order valence-corrected chi connectivity index (χ2v) is 5.90. The predicted molar refractivity (Wildman–Crippen MR) is 86.6 cm³/mol. The lowest BCUT2D eigenvalue weighted by molar-refractivity contribution is 0.919. The lowest BCUT2D eigenvalue weighted by Gasteiger charge is -2.22. The van der Waals surface area contributed by atoms with Crippen LogP contribution in [-0.4, -0.2) is 7.05 Å². The van der Waals surface area contributed by atoms with E-state index in [4.69, 9.17) is 5.73 Å². The van der Waals surface area contributed by atoms with Crippen molar-refractivity contribution < 1.29 is 0 Å². The molecule has 0 fully saturated rings. The molecule has 0 bridgehead atoms. The van der Waals surface area contributed by atoms with Gasteiger partial charge in [-0.2, -0.15) is 0 Å². The van der Waals surface area contributed by atoms with Crippen molar-refractivity contribution in [1.82, 2.24) is 0 Å². The number of nitrogens with zero attached hydrogens (tertiary/aromatic N) is 1. The third kappa shape index (κ3) is 3.29. The van der Waals surface area contributed by atoms with Crippen molar-refractivity contribution >= 4 is 27.3 Å². The summed E-state index contributed by atoms with van der Waals surface area (Å²) in [5.41, 5.74) is 11.8. The van der Waals surface area contributed by atoms with Crippen LogP contribution in [0, 0.1) is 13.8 Å². The minimum Gasteiger partial charge on any atom is -0.398 e. The number of benzene rings is 2. The highest BCUT2D eigenvalue weighted by Gasteiger charge is 2.07. The largest absolute Gasteiger partial charge is 0.398 e. The number of hydrogen-bond donors (Lipinski definition) is 1. The zero-order valence-corrected chi connectivity index (χ0v) is 13.2. The molecule has 2 N–H and O–H groups in total. The molecule has 0 unspecified atom stereocenters. The summed E-state index contributed by atoms with van der Waals surface area (Å²) in [4.78, 5) is 2.23. The molecule has 2 aromatic rings. The van der Waals surface area contributed by atoms with Crippen LogP contribution in [0.4, 0.5) is 11.4 Å². The van der Waals surface area contributed by atoms with E-state index in [1.807, 2.05) is 12.1 Å². The van der Waals surface area contributed by atoms with Gasteiger partial charge in [-0.25, -0.2) is 0 Å². The molecule has 0 atom stereocenters. The molecule has 0 heterocycles. The number of anilines is 2. The van der Waals surface area contributed by atoms with Crippen LogP contribution >= 0.6 is 15.9 Å². The molecule has 19 heavy (non-hydrogen) atoms. The van der Waals surface area contributed by atoms with E-state index in [0.29, 0.717) is 0 Å². The number of aryl methyl sites for hydroxylation is 2. The van der Waals surface area contributed by atoms with Crippen molar-refractivity contribution in [2.75, 3.05) is 17.7 Å². The zero-order valence-electron chi connectivity index (χ0n) is 11.6. The molecule has 0 aliphatic rings. The quantitative estimate of drug-likeness (QED) is 0.856. The Morgan fingerprint density at radius 2 is 1.84 bits per heavy atom. The molecule has 100 valence electrons. The third-order valence-corrected chi connectivity index (χ3v) is 3.77. The van der Waals surface area contributed by atoms with E-state index in [9.17, 15) is 0 Å². The Balaban J connectivity index is 2.23. The van der Waals surface area contributed by atoms with Gasteiger partial charge in [-0.3, -0.25) is 0 Å².